The first-order chi connectivity index (χ1) is 12.2. The summed E-state index contributed by atoms with van der Waals surface area (Å²) in [5.41, 5.74) is 3.49. The number of nitrogens with one attached hydrogen (secondary N) is 1. The fraction of sp³-hybridized carbons (Fsp3) is 0.300. The molecule has 1 amide bonds. The van der Waals surface area contributed by atoms with E-state index in [2.05, 4.69) is 16.3 Å². The number of hydrogen-bond donors (Lipinski definition) is 1. The zero-order valence-corrected chi connectivity index (χ0v) is 14.1. The standard InChI is InChI=1S/C20H21N3O2/c21-10-9-16-3-7-19(8-4-16)22-20(24)18-5-1-17(2-6-18)15-23-11-13-25-14-12-23/h1-8H,9,11-15H2,(H,22,24). The second-order valence-electron chi connectivity index (χ2n) is 6.07. The molecule has 0 unspecified atom stereocenters. The minimum atomic E-state index is -0.133. The zero-order valence-electron chi connectivity index (χ0n) is 14.1. The maximum Gasteiger partial charge on any atom is 0.255 e. The van der Waals surface area contributed by atoms with Crippen molar-refractivity contribution in [3.05, 3.63) is 65.2 Å². The van der Waals surface area contributed by atoms with Gasteiger partial charge in [-0.2, -0.15) is 5.26 Å². The molecular formula is C20H21N3O2. The van der Waals surface area contributed by atoms with Crippen molar-refractivity contribution < 1.29 is 9.53 Å². The van der Waals surface area contributed by atoms with Gasteiger partial charge in [0, 0.05) is 30.9 Å². The van der Waals surface area contributed by atoms with Crippen LogP contribution in [0.15, 0.2) is 48.5 Å². The molecule has 25 heavy (non-hydrogen) atoms. The lowest BCUT2D eigenvalue weighted by molar-refractivity contribution is 0.0342. The number of anilines is 1. The number of hydrogen-bond acceptors (Lipinski definition) is 4. The summed E-state index contributed by atoms with van der Waals surface area (Å²) >= 11 is 0. The molecule has 1 heterocycles. The van der Waals surface area contributed by atoms with Gasteiger partial charge in [-0.15, -0.1) is 0 Å². The first-order valence-corrected chi connectivity index (χ1v) is 8.41. The van der Waals surface area contributed by atoms with E-state index in [1.165, 1.54) is 5.56 Å². The number of rotatable bonds is 5. The number of morpholine rings is 1. The molecule has 0 radical (unpaired) electrons. The molecule has 3 rings (SSSR count). The highest BCUT2D eigenvalue weighted by atomic mass is 16.5. The zero-order chi connectivity index (χ0) is 17.5. The Morgan fingerprint density at radius 2 is 1.68 bits per heavy atom. The Hall–Kier alpha value is -2.68. The van der Waals surface area contributed by atoms with Gasteiger partial charge in [-0.1, -0.05) is 24.3 Å². The molecule has 1 N–H and O–H groups in total. The third-order valence-corrected chi connectivity index (χ3v) is 4.22. The van der Waals surface area contributed by atoms with E-state index in [1.807, 2.05) is 48.5 Å². The van der Waals surface area contributed by atoms with Crippen molar-refractivity contribution >= 4 is 11.6 Å². The van der Waals surface area contributed by atoms with Crippen molar-refractivity contribution in [2.45, 2.75) is 13.0 Å². The second kappa shape index (κ2) is 8.43. The van der Waals surface area contributed by atoms with Gasteiger partial charge in [0.05, 0.1) is 25.7 Å². The summed E-state index contributed by atoms with van der Waals surface area (Å²) in [6.07, 6.45) is 0.374. The van der Waals surface area contributed by atoms with E-state index in [4.69, 9.17) is 10.00 Å². The molecule has 0 aromatic heterocycles. The molecule has 1 aliphatic rings. The lowest BCUT2D eigenvalue weighted by atomic mass is 10.1. The molecule has 0 bridgehead atoms. The highest BCUT2D eigenvalue weighted by molar-refractivity contribution is 6.04. The number of nitriles is 1. The van der Waals surface area contributed by atoms with Crippen LogP contribution in [0.25, 0.3) is 0 Å². The Balaban J connectivity index is 1.57. The van der Waals surface area contributed by atoms with Gasteiger partial charge in [0.25, 0.3) is 5.91 Å². The van der Waals surface area contributed by atoms with Gasteiger partial charge in [0.2, 0.25) is 0 Å². The van der Waals surface area contributed by atoms with Crippen LogP contribution in [0.3, 0.4) is 0 Å². The summed E-state index contributed by atoms with van der Waals surface area (Å²) in [5.74, 6) is -0.133. The van der Waals surface area contributed by atoms with Gasteiger partial charge in [-0.05, 0) is 35.4 Å². The summed E-state index contributed by atoms with van der Waals surface area (Å²) < 4.78 is 5.36. The lowest BCUT2D eigenvalue weighted by Crippen LogP contribution is -2.35. The second-order valence-corrected chi connectivity index (χ2v) is 6.07. The van der Waals surface area contributed by atoms with Gasteiger partial charge in [-0.25, -0.2) is 0 Å². The molecule has 2 aromatic carbocycles. The molecule has 1 aliphatic heterocycles. The van der Waals surface area contributed by atoms with Gasteiger partial charge in [0.1, 0.15) is 0 Å². The fourth-order valence-electron chi connectivity index (χ4n) is 2.78. The molecular weight excluding hydrogens is 314 g/mol. The van der Waals surface area contributed by atoms with E-state index in [0.29, 0.717) is 12.0 Å². The minimum Gasteiger partial charge on any atom is -0.379 e. The smallest absolute Gasteiger partial charge is 0.255 e. The quantitative estimate of drug-likeness (QED) is 0.912. The van der Waals surface area contributed by atoms with E-state index in [0.717, 1.165) is 44.1 Å². The molecule has 1 fully saturated rings. The van der Waals surface area contributed by atoms with E-state index in [9.17, 15) is 4.79 Å². The molecule has 1 saturated heterocycles. The molecule has 5 nitrogen and oxygen atoms in total. The van der Waals surface area contributed by atoms with E-state index in [1.54, 1.807) is 0 Å². The highest BCUT2D eigenvalue weighted by Gasteiger charge is 2.11. The maximum absolute atomic E-state index is 12.3. The molecule has 0 saturated carbocycles. The Kier molecular flexibility index (Phi) is 5.78. The number of amides is 1. The summed E-state index contributed by atoms with van der Waals surface area (Å²) in [4.78, 5) is 14.7. The third-order valence-electron chi connectivity index (χ3n) is 4.22. The van der Waals surface area contributed by atoms with Crippen LogP contribution < -0.4 is 5.32 Å². The normalized spacial score (nSPS) is 14.7. The summed E-state index contributed by atoms with van der Waals surface area (Å²) in [6.45, 7) is 4.35. The van der Waals surface area contributed by atoms with Crippen molar-refractivity contribution in [1.82, 2.24) is 4.90 Å². The van der Waals surface area contributed by atoms with E-state index < -0.39 is 0 Å². The van der Waals surface area contributed by atoms with Crippen molar-refractivity contribution in [2.75, 3.05) is 31.6 Å². The van der Waals surface area contributed by atoms with Crippen LogP contribution >= 0.6 is 0 Å². The first kappa shape index (κ1) is 17.2. The molecule has 0 spiro atoms. The predicted octanol–water partition coefficient (Wildman–Crippen LogP) is 2.84. The monoisotopic (exact) mass is 335 g/mol. The van der Waals surface area contributed by atoms with Crippen LogP contribution in [0.4, 0.5) is 5.69 Å². The molecule has 5 heteroatoms. The number of benzene rings is 2. The van der Waals surface area contributed by atoms with E-state index in [-0.39, 0.29) is 5.91 Å². The van der Waals surface area contributed by atoms with Crippen LogP contribution in [0.1, 0.15) is 21.5 Å². The minimum absolute atomic E-state index is 0.133. The van der Waals surface area contributed by atoms with Crippen LogP contribution in [0.2, 0.25) is 0 Å². The highest BCUT2D eigenvalue weighted by Crippen LogP contribution is 2.13. The van der Waals surface area contributed by atoms with Crippen molar-refractivity contribution in [3.8, 4) is 6.07 Å². The third kappa shape index (κ3) is 4.90. The molecule has 128 valence electrons. The van der Waals surface area contributed by atoms with Gasteiger partial charge >= 0.3 is 0 Å². The molecule has 0 atom stereocenters. The SMILES string of the molecule is N#CCc1ccc(NC(=O)c2ccc(CN3CCOCC3)cc2)cc1. The van der Waals surface area contributed by atoms with Crippen LogP contribution in [-0.4, -0.2) is 37.1 Å². The Morgan fingerprint density at radius 3 is 2.32 bits per heavy atom. The van der Waals surface area contributed by atoms with Crippen LogP contribution in [-0.2, 0) is 17.7 Å². The molecule has 2 aromatic rings. The number of carbonyl (C=O) groups excluding carboxylic acids is 1. The average Bonchev–Trinajstić information content (AvgIpc) is 2.65. The van der Waals surface area contributed by atoms with Crippen molar-refractivity contribution in [1.29, 1.82) is 5.26 Å². The topological polar surface area (TPSA) is 65.4 Å². The van der Waals surface area contributed by atoms with Crippen molar-refractivity contribution in [2.24, 2.45) is 0 Å². The van der Waals surface area contributed by atoms with Crippen LogP contribution in [0, 0.1) is 11.3 Å². The Labute approximate surface area is 147 Å². The van der Waals surface area contributed by atoms with Gasteiger partial charge < -0.3 is 10.1 Å². The summed E-state index contributed by atoms with van der Waals surface area (Å²) in [7, 11) is 0. The molecule has 0 aliphatic carbocycles. The predicted molar refractivity (Wildman–Crippen MR) is 96.3 cm³/mol. The maximum atomic E-state index is 12.3. The Bertz CT molecular complexity index is 742. The summed E-state index contributed by atoms with van der Waals surface area (Å²) in [5, 5.41) is 11.6. The first-order valence-electron chi connectivity index (χ1n) is 8.41. The summed E-state index contributed by atoms with van der Waals surface area (Å²) in [6, 6.07) is 17.2. The van der Waals surface area contributed by atoms with Crippen LogP contribution in [0.5, 0.6) is 0 Å². The fourth-order valence-corrected chi connectivity index (χ4v) is 2.78. The van der Waals surface area contributed by atoms with Crippen molar-refractivity contribution in [3.63, 3.8) is 0 Å². The van der Waals surface area contributed by atoms with E-state index >= 15 is 0 Å². The number of ether oxygens (including phenoxy) is 1. The average molecular weight is 335 g/mol. The largest absolute Gasteiger partial charge is 0.379 e. The van der Waals surface area contributed by atoms with Gasteiger partial charge in [-0.3, -0.25) is 9.69 Å². The lowest BCUT2D eigenvalue weighted by Gasteiger charge is -2.26. The Morgan fingerprint density at radius 1 is 1.04 bits per heavy atom. The van der Waals surface area contributed by atoms with Gasteiger partial charge in [0.15, 0.2) is 0 Å². The number of nitrogens with zero attached hydrogens (tertiary/aromatic N) is 2. The number of carbonyl (C=O) groups is 1.